The van der Waals surface area contributed by atoms with E-state index in [9.17, 15) is 14.4 Å². The number of nitrogens with one attached hydrogen (secondary N) is 2. The number of aromatic amines is 1. The Labute approximate surface area is 154 Å². The molecule has 0 aliphatic rings. The van der Waals surface area contributed by atoms with Crippen molar-refractivity contribution < 1.29 is 19.1 Å². The molecule has 25 heavy (non-hydrogen) atoms. The molecule has 0 bridgehead atoms. The Hall–Kier alpha value is -2.31. The van der Waals surface area contributed by atoms with Gasteiger partial charge in [-0.05, 0) is 24.6 Å². The average Bonchev–Trinajstić information content (AvgIpc) is 2.87. The minimum absolute atomic E-state index is 0.165. The quantitative estimate of drug-likeness (QED) is 0.607. The summed E-state index contributed by atoms with van der Waals surface area (Å²) in [5, 5.41) is 3.16. The Bertz CT molecular complexity index is 859. The van der Waals surface area contributed by atoms with Gasteiger partial charge in [-0.2, -0.15) is 0 Å². The van der Waals surface area contributed by atoms with E-state index >= 15 is 0 Å². The third-order valence-electron chi connectivity index (χ3n) is 3.63. The van der Waals surface area contributed by atoms with Gasteiger partial charge in [-0.25, -0.2) is 4.79 Å². The van der Waals surface area contributed by atoms with Gasteiger partial charge in [-0.3, -0.25) is 9.59 Å². The number of H-pyrrole nitrogens is 1. The standard InChI is InChI=1S/C17H16Cl2N2O4/c1-8-14(17(24)25-3)12(21-16(8)9(2)22)7-13(23)20-11-6-4-5-10(18)15(11)19/h4-6,21H,7H2,1-3H3,(H,20,23). The van der Waals surface area contributed by atoms with Gasteiger partial charge in [0.1, 0.15) is 0 Å². The maximum atomic E-state index is 12.3. The number of hydrogen-bond donors (Lipinski definition) is 2. The highest BCUT2D eigenvalue weighted by Gasteiger charge is 2.24. The molecule has 2 rings (SSSR count). The van der Waals surface area contributed by atoms with Crippen LogP contribution in [0.4, 0.5) is 5.69 Å². The second-order valence-corrected chi connectivity index (χ2v) is 6.14. The molecule has 0 fully saturated rings. The molecule has 6 nitrogen and oxygen atoms in total. The van der Waals surface area contributed by atoms with Crippen molar-refractivity contribution in [3.05, 3.63) is 50.8 Å². The number of ketones is 1. The minimum atomic E-state index is -0.621. The van der Waals surface area contributed by atoms with E-state index in [2.05, 4.69) is 10.3 Å². The maximum absolute atomic E-state index is 12.3. The molecule has 0 saturated carbocycles. The van der Waals surface area contributed by atoms with E-state index in [0.717, 1.165) is 0 Å². The van der Waals surface area contributed by atoms with Gasteiger partial charge in [0.25, 0.3) is 0 Å². The number of benzene rings is 1. The molecule has 1 heterocycles. The summed E-state index contributed by atoms with van der Waals surface area (Å²) in [6.07, 6.45) is -0.165. The van der Waals surface area contributed by atoms with Gasteiger partial charge in [0.15, 0.2) is 5.78 Å². The number of anilines is 1. The molecule has 1 amide bonds. The molecule has 0 atom stereocenters. The highest BCUT2D eigenvalue weighted by atomic mass is 35.5. The molecule has 2 N–H and O–H groups in total. The van der Waals surface area contributed by atoms with Gasteiger partial charge in [-0.1, -0.05) is 29.3 Å². The number of aromatic nitrogens is 1. The lowest BCUT2D eigenvalue weighted by Gasteiger charge is -2.08. The van der Waals surface area contributed by atoms with Gasteiger partial charge < -0.3 is 15.0 Å². The smallest absolute Gasteiger partial charge is 0.339 e. The topological polar surface area (TPSA) is 88.3 Å². The van der Waals surface area contributed by atoms with Crippen LogP contribution < -0.4 is 5.32 Å². The fraction of sp³-hybridized carbons (Fsp3) is 0.235. The van der Waals surface area contributed by atoms with Gasteiger partial charge in [0.05, 0.1) is 40.5 Å². The summed E-state index contributed by atoms with van der Waals surface area (Å²) >= 11 is 12.0. The van der Waals surface area contributed by atoms with Crippen molar-refractivity contribution in [3.8, 4) is 0 Å². The van der Waals surface area contributed by atoms with Gasteiger partial charge >= 0.3 is 5.97 Å². The Morgan fingerprint density at radius 2 is 1.92 bits per heavy atom. The van der Waals surface area contributed by atoms with Crippen LogP contribution in [-0.4, -0.2) is 29.8 Å². The van der Waals surface area contributed by atoms with Crippen LogP contribution in [-0.2, 0) is 16.0 Å². The van der Waals surface area contributed by atoms with Crippen molar-refractivity contribution in [2.75, 3.05) is 12.4 Å². The van der Waals surface area contributed by atoms with Crippen LogP contribution in [0.25, 0.3) is 0 Å². The summed E-state index contributed by atoms with van der Waals surface area (Å²) < 4.78 is 4.75. The van der Waals surface area contributed by atoms with E-state index in [1.165, 1.54) is 14.0 Å². The number of carbonyl (C=O) groups is 3. The number of hydrogen-bond acceptors (Lipinski definition) is 4. The number of esters is 1. The first-order valence-electron chi connectivity index (χ1n) is 7.30. The fourth-order valence-corrected chi connectivity index (χ4v) is 2.82. The highest BCUT2D eigenvalue weighted by molar-refractivity contribution is 6.44. The molecule has 8 heteroatoms. The van der Waals surface area contributed by atoms with Crippen LogP contribution >= 0.6 is 23.2 Å². The van der Waals surface area contributed by atoms with Crippen LogP contribution in [0, 0.1) is 6.92 Å². The number of carbonyl (C=O) groups excluding carboxylic acids is 3. The van der Waals surface area contributed by atoms with E-state index in [1.54, 1.807) is 25.1 Å². The lowest BCUT2D eigenvalue weighted by Crippen LogP contribution is -2.17. The SMILES string of the molecule is COC(=O)c1c(CC(=O)Nc2cccc(Cl)c2Cl)[nH]c(C(C)=O)c1C. The Balaban J connectivity index is 2.31. The summed E-state index contributed by atoms with van der Waals surface area (Å²) in [5.74, 6) is -1.29. The maximum Gasteiger partial charge on any atom is 0.339 e. The number of Topliss-reactive ketones (excluding diaryl/α,β-unsaturated/α-hetero) is 1. The average molecular weight is 383 g/mol. The molecule has 0 spiro atoms. The van der Waals surface area contributed by atoms with Gasteiger partial charge in [-0.15, -0.1) is 0 Å². The van der Waals surface area contributed by atoms with Crippen molar-refractivity contribution in [3.63, 3.8) is 0 Å². The van der Waals surface area contributed by atoms with Crippen LogP contribution in [0.15, 0.2) is 18.2 Å². The predicted octanol–water partition coefficient (Wildman–Crippen LogP) is 3.80. The number of methoxy groups -OCH3 is 1. The summed E-state index contributed by atoms with van der Waals surface area (Å²) in [4.78, 5) is 38.9. The largest absolute Gasteiger partial charge is 0.465 e. The zero-order chi connectivity index (χ0) is 18.7. The van der Waals surface area contributed by atoms with Crippen LogP contribution in [0.2, 0.25) is 10.0 Å². The van der Waals surface area contributed by atoms with Gasteiger partial charge in [0.2, 0.25) is 5.91 Å². The number of rotatable bonds is 5. The third-order valence-corrected chi connectivity index (χ3v) is 4.45. The second kappa shape index (κ2) is 7.72. The number of amides is 1. The molecule has 0 saturated heterocycles. The minimum Gasteiger partial charge on any atom is -0.465 e. The summed E-state index contributed by atoms with van der Waals surface area (Å²) in [5.41, 5.74) is 1.55. The van der Waals surface area contributed by atoms with Crippen molar-refractivity contribution >= 4 is 46.5 Å². The predicted molar refractivity (Wildman–Crippen MR) is 95.7 cm³/mol. The normalized spacial score (nSPS) is 10.4. The second-order valence-electron chi connectivity index (χ2n) is 5.35. The van der Waals surface area contributed by atoms with E-state index in [4.69, 9.17) is 27.9 Å². The number of ether oxygens (including phenoxy) is 1. The Morgan fingerprint density at radius 3 is 2.52 bits per heavy atom. The first-order chi connectivity index (χ1) is 11.8. The zero-order valence-electron chi connectivity index (χ0n) is 13.8. The van der Waals surface area contributed by atoms with Gasteiger partial charge in [0, 0.05) is 12.6 Å². The van der Waals surface area contributed by atoms with Crippen LogP contribution in [0.5, 0.6) is 0 Å². The number of halogens is 2. The van der Waals surface area contributed by atoms with E-state index in [1.807, 2.05) is 0 Å². The van der Waals surface area contributed by atoms with Crippen LogP contribution in [0.3, 0.4) is 0 Å². The summed E-state index contributed by atoms with van der Waals surface area (Å²) in [6.45, 7) is 2.99. The molecular weight excluding hydrogens is 367 g/mol. The molecule has 0 aliphatic heterocycles. The lowest BCUT2D eigenvalue weighted by molar-refractivity contribution is -0.115. The van der Waals surface area contributed by atoms with E-state index in [0.29, 0.717) is 22.0 Å². The Kier molecular flexibility index (Phi) is 5.87. The lowest BCUT2D eigenvalue weighted by atomic mass is 10.1. The van der Waals surface area contributed by atoms with Crippen molar-refractivity contribution in [1.29, 1.82) is 0 Å². The molecule has 1 aromatic carbocycles. The molecular formula is C17H16Cl2N2O4. The molecule has 1 aromatic heterocycles. The fourth-order valence-electron chi connectivity index (χ4n) is 2.48. The van der Waals surface area contributed by atoms with Crippen LogP contribution in [0.1, 0.15) is 39.0 Å². The van der Waals surface area contributed by atoms with Crippen molar-refractivity contribution in [2.24, 2.45) is 0 Å². The highest BCUT2D eigenvalue weighted by Crippen LogP contribution is 2.29. The Morgan fingerprint density at radius 1 is 1.24 bits per heavy atom. The molecule has 0 unspecified atom stereocenters. The molecule has 132 valence electrons. The zero-order valence-corrected chi connectivity index (χ0v) is 15.3. The first-order valence-corrected chi connectivity index (χ1v) is 8.06. The van der Waals surface area contributed by atoms with Crippen molar-refractivity contribution in [2.45, 2.75) is 20.3 Å². The summed E-state index contributed by atoms with van der Waals surface area (Å²) in [6, 6.07) is 4.85. The monoisotopic (exact) mass is 382 g/mol. The third kappa shape index (κ3) is 4.03. The van der Waals surface area contributed by atoms with Crippen molar-refractivity contribution in [1.82, 2.24) is 4.98 Å². The van der Waals surface area contributed by atoms with E-state index in [-0.39, 0.29) is 28.5 Å². The molecule has 0 radical (unpaired) electrons. The molecule has 0 aliphatic carbocycles. The molecule has 2 aromatic rings. The first kappa shape index (κ1) is 19.0. The summed E-state index contributed by atoms with van der Waals surface area (Å²) in [7, 11) is 1.23. The van der Waals surface area contributed by atoms with E-state index < -0.39 is 11.9 Å².